The lowest BCUT2D eigenvalue weighted by molar-refractivity contribution is 0.0768. The summed E-state index contributed by atoms with van der Waals surface area (Å²) in [6.07, 6.45) is 1.37. The van der Waals surface area contributed by atoms with Gasteiger partial charge < -0.3 is 25.3 Å². The molecule has 3 aliphatic rings. The van der Waals surface area contributed by atoms with E-state index in [1.54, 1.807) is 12.1 Å². The zero-order chi connectivity index (χ0) is 29.6. The second-order valence-corrected chi connectivity index (χ2v) is 11.9. The fourth-order valence-corrected chi connectivity index (χ4v) is 7.46. The second kappa shape index (κ2) is 11.0. The molecule has 0 bridgehead atoms. The molecule has 2 saturated heterocycles. The van der Waals surface area contributed by atoms with Gasteiger partial charge in [-0.25, -0.2) is 4.39 Å². The Kier molecular flexibility index (Phi) is 6.98. The minimum Gasteiger partial charge on any atom is -0.378 e. The Labute approximate surface area is 251 Å². The van der Waals surface area contributed by atoms with Crippen LogP contribution in [-0.2, 0) is 10.2 Å². The number of piperidine rings is 1. The molecule has 3 atom stereocenters. The number of morpholine rings is 1. The molecule has 1 aliphatic carbocycles. The number of nitrogens with zero attached hydrogens (tertiary/aromatic N) is 2. The van der Waals surface area contributed by atoms with Crippen molar-refractivity contribution in [2.45, 2.75) is 18.3 Å². The molecular weight excluding hydrogens is 539 g/mol. The molecule has 43 heavy (non-hydrogen) atoms. The number of carbonyl (C=O) groups excluding carboxylic acids is 1. The number of hydrogen-bond donors (Lipinski definition) is 2. The van der Waals surface area contributed by atoms with Gasteiger partial charge in [0.25, 0.3) is 5.91 Å². The van der Waals surface area contributed by atoms with E-state index in [0.717, 1.165) is 46.8 Å². The van der Waals surface area contributed by atoms with Gasteiger partial charge in [0.15, 0.2) is 0 Å². The summed E-state index contributed by atoms with van der Waals surface area (Å²) in [4.78, 5) is 18.5. The van der Waals surface area contributed by atoms with Gasteiger partial charge in [0.2, 0.25) is 0 Å². The van der Waals surface area contributed by atoms with Crippen LogP contribution in [0.5, 0.6) is 0 Å². The molecule has 1 amide bonds. The van der Waals surface area contributed by atoms with Gasteiger partial charge in [-0.1, -0.05) is 42.5 Å². The van der Waals surface area contributed by atoms with Crippen LogP contribution in [-0.4, -0.2) is 56.4 Å². The SMILES string of the molecule is Cc1cc(Nc2ccc(F)cc2)c(C=N)cc1C12CN(C(=O)c3ccccc3N3CCOCC3)CC1C2c1ccccc1. The van der Waals surface area contributed by atoms with Crippen LogP contribution < -0.4 is 10.2 Å². The molecule has 0 aromatic heterocycles. The Morgan fingerprint density at radius 1 is 1.00 bits per heavy atom. The minimum absolute atomic E-state index is 0.0694. The first-order valence-electron chi connectivity index (χ1n) is 14.9. The molecule has 3 fully saturated rings. The summed E-state index contributed by atoms with van der Waals surface area (Å²) in [5.74, 6) is 0.353. The van der Waals surface area contributed by atoms with Crippen molar-refractivity contribution >= 4 is 29.2 Å². The third kappa shape index (κ3) is 4.78. The highest BCUT2D eigenvalue weighted by Crippen LogP contribution is 2.70. The molecule has 2 N–H and O–H groups in total. The molecule has 2 aliphatic heterocycles. The Bertz CT molecular complexity index is 1670. The molecule has 0 radical (unpaired) electrons. The molecule has 3 unspecified atom stereocenters. The average Bonchev–Trinajstić information content (AvgIpc) is 3.50. The van der Waals surface area contributed by atoms with Gasteiger partial charge in [-0.3, -0.25) is 4.79 Å². The number of amides is 1. The number of carbonyl (C=O) groups is 1. The summed E-state index contributed by atoms with van der Waals surface area (Å²) in [7, 11) is 0. The summed E-state index contributed by atoms with van der Waals surface area (Å²) in [5, 5.41) is 11.6. The van der Waals surface area contributed by atoms with E-state index in [2.05, 4.69) is 53.5 Å². The van der Waals surface area contributed by atoms with Gasteiger partial charge in [-0.05, 0) is 78.1 Å². The van der Waals surface area contributed by atoms with Gasteiger partial charge in [0.05, 0.1) is 18.8 Å². The lowest BCUT2D eigenvalue weighted by atomic mass is 9.85. The molecule has 1 saturated carbocycles. The zero-order valence-corrected chi connectivity index (χ0v) is 24.2. The van der Waals surface area contributed by atoms with Gasteiger partial charge in [0.1, 0.15) is 5.82 Å². The van der Waals surface area contributed by atoms with Gasteiger partial charge in [-0.2, -0.15) is 0 Å². The Balaban J connectivity index is 1.24. The third-order valence-corrected chi connectivity index (χ3v) is 9.49. The lowest BCUT2D eigenvalue weighted by Crippen LogP contribution is -2.39. The number of hydrogen-bond acceptors (Lipinski definition) is 5. The Morgan fingerprint density at radius 3 is 2.47 bits per heavy atom. The monoisotopic (exact) mass is 574 g/mol. The molecule has 2 heterocycles. The maximum Gasteiger partial charge on any atom is 0.255 e. The third-order valence-electron chi connectivity index (χ3n) is 9.49. The van der Waals surface area contributed by atoms with Crippen molar-refractivity contribution in [1.82, 2.24) is 4.90 Å². The van der Waals surface area contributed by atoms with Crippen molar-refractivity contribution in [2.24, 2.45) is 5.92 Å². The maximum atomic E-state index is 14.2. The van der Waals surface area contributed by atoms with E-state index in [0.29, 0.717) is 32.2 Å². The molecule has 7 rings (SSSR count). The summed E-state index contributed by atoms with van der Waals surface area (Å²) in [6, 6.07) is 29.0. The molecule has 4 aromatic rings. The van der Waals surface area contributed by atoms with Gasteiger partial charge in [-0.15, -0.1) is 0 Å². The van der Waals surface area contributed by atoms with E-state index in [1.165, 1.54) is 29.5 Å². The quantitative estimate of drug-likeness (QED) is 0.247. The van der Waals surface area contributed by atoms with Crippen LogP contribution in [0.4, 0.5) is 21.5 Å². The minimum atomic E-state index is -0.289. The number of halogens is 1. The highest BCUT2D eigenvalue weighted by atomic mass is 19.1. The van der Waals surface area contributed by atoms with E-state index in [-0.39, 0.29) is 23.1 Å². The summed E-state index contributed by atoms with van der Waals surface area (Å²) >= 11 is 0. The fourth-order valence-electron chi connectivity index (χ4n) is 7.46. The number of nitrogens with one attached hydrogen (secondary N) is 2. The largest absolute Gasteiger partial charge is 0.378 e. The van der Waals surface area contributed by atoms with Gasteiger partial charge >= 0.3 is 0 Å². The van der Waals surface area contributed by atoms with E-state index >= 15 is 0 Å². The van der Waals surface area contributed by atoms with Crippen molar-refractivity contribution in [3.05, 3.63) is 125 Å². The lowest BCUT2D eigenvalue weighted by Gasteiger charge is -2.32. The van der Waals surface area contributed by atoms with Crippen molar-refractivity contribution in [2.75, 3.05) is 49.6 Å². The first-order chi connectivity index (χ1) is 21.0. The molecule has 4 aromatic carbocycles. The van der Waals surface area contributed by atoms with Crippen molar-refractivity contribution in [3.8, 4) is 0 Å². The zero-order valence-electron chi connectivity index (χ0n) is 24.2. The van der Waals surface area contributed by atoms with Crippen LogP contribution in [0, 0.1) is 24.1 Å². The second-order valence-electron chi connectivity index (χ2n) is 11.9. The number of para-hydroxylation sites is 1. The predicted molar refractivity (Wildman–Crippen MR) is 168 cm³/mol. The van der Waals surface area contributed by atoms with Crippen molar-refractivity contribution < 1.29 is 13.9 Å². The number of ether oxygens (including phenoxy) is 1. The van der Waals surface area contributed by atoms with Crippen LogP contribution in [0.1, 0.15) is 38.5 Å². The number of benzene rings is 4. The fraction of sp³-hybridized carbons (Fsp3) is 0.278. The highest BCUT2D eigenvalue weighted by molar-refractivity contribution is 6.00. The van der Waals surface area contributed by atoms with E-state index in [9.17, 15) is 9.18 Å². The number of rotatable bonds is 7. The number of likely N-dealkylation sites (tertiary alicyclic amines) is 1. The van der Waals surface area contributed by atoms with Gasteiger partial charge in [0, 0.05) is 66.4 Å². The van der Waals surface area contributed by atoms with Crippen LogP contribution in [0.25, 0.3) is 0 Å². The first kappa shape index (κ1) is 27.3. The molecule has 0 spiro atoms. The summed E-state index contributed by atoms with van der Waals surface area (Å²) in [6.45, 7) is 6.30. The van der Waals surface area contributed by atoms with Crippen molar-refractivity contribution in [3.63, 3.8) is 0 Å². The molecular formula is C36H35FN4O2. The molecule has 7 heteroatoms. The average molecular weight is 575 g/mol. The smallest absolute Gasteiger partial charge is 0.255 e. The molecule has 6 nitrogen and oxygen atoms in total. The summed E-state index contributed by atoms with van der Waals surface area (Å²) < 4.78 is 19.1. The number of aryl methyl sites for hydroxylation is 1. The van der Waals surface area contributed by atoms with Crippen molar-refractivity contribution in [1.29, 1.82) is 5.41 Å². The van der Waals surface area contributed by atoms with E-state index < -0.39 is 0 Å². The van der Waals surface area contributed by atoms with E-state index in [1.807, 2.05) is 35.2 Å². The Hall–Kier alpha value is -4.49. The topological polar surface area (TPSA) is 68.7 Å². The number of fused-ring (bicyclic) bond motifs is 1. The van der Waals surface area contributed by atoms with Crippen LogP contribution in [0.15, 0.2) is 91.0 Å². The van der Waals surface area contributed by atoms with Crippen LogP contribution >= 0.6 is 0 Å². The van der Waals surface area contributed by atoms with Crippen LogP contribution in [0.2, 0.25) is 0 Å². The maximum absolute atomic E-state index is 14.2. The Morgan fingerprint density at radius 2 is 1.72 bits per heavy atom. The normalized spacial score (nSPS) is 22.7. The highest BCUT2D eigenvalue weighted by Gasteiger charge is 2.71. The number of anilines is 3. The summed E-state index contributed by atoms with van der Waals surface area (Å²) in [5.41, 5.74) is 7.40. The standard InChI is InChI=1S/C36H35FN4O2/c1-24-19-32(39-28-13-11-27(37)12-14-28)26(21-38)20-30(24)36-23-41(22-31(36)34(36)25-7-3-2-4-8-25)35(42)29-9-5-6-10-33(29)40-15-17-43-18-16-40/h2-14,19-21,31,34,38-39H,15-18,22-23H2,1H3. The first-order valence-corrected chi connectivity index (χ1v) is 14.9. The molecule has 218 valence electrons. The predicted octanol–water partition coefficient (Wildman–Crippen LogP) is 6.52. The van der Waals surface area contributed by atoms with Crippen LogP contribution in [0.3, 0.4) is 0 Å². The van der Waals surface area contributed by atoms with E-state index in [4.69, 9.17) is 10.1 Å².